The molecule has 0 bridgehead atoms. The minimum atomic E-state index is -4.21. The number of benzene rings is 3. The molecule has 0 heterocycles. The topological polar surface area (TPSA) is 86.8 Å². The van der Waals surface area contributed by atoms with Crippen molar-refractivity contribution in [1.82, 2.24) is 10.2 Å². The molecule has 1 atom stereocenters. The number of amides is 2. The predicted octanol–water partition coefficient (Wildman–Crippen LogP) is 5.79. The fourth-order valence-electron chi connectivity index (χ4n) is 3.74. The summed E-state index contributed by atoms with van der Waals surface area (Å²) >= 11 is 18.5. The van der Waals surface area contributed by atoms with Crippen molar-refractivity contribution in [2.75, 3.05) is 17.4 Å². The molecular formula is C27H28Cl3N3O4S. The lowest BCUT2D eigenvalue weighted by molar-refractivity contribution is -0.139. The fraction of sp³-hybridized carbons (Fsp3) is 0.259. The highest BCUT2D eigenvalue weighted by Gasteiger charge is 2.32. The van der Waals surface area contributed by atoms with Crippen LogP contribution in [0, 0.1) is 0 Å². The minimum Gasteiger partial charge on any atom is -0.354 e. The van der Waals surface area contributed by atoms with E-state index in [1.54, 1.807) is 49.4 Å². The molecule has 202 valence electrons. The van der Waals surface area contributed by atoms with Gasteiger partial charge in [0.2, 0.25) is 11.8 Å². The number of carbonyl (C=O) groups is 2. The quantitative estimate of drug-likeness (QED) is 0.304. The number of hydrogen-bond donors (Lipinski definition) is 1. The molecule has 0 unspecified atom stereocenters. The highest BCUT2D eigenvalue weighted by Crippen LogP contribution is 2.30. The number of carbonyl (C=O) groups excluding carboxylic acids is 2. The van der Waals surface area contributed by atoms with Crippen molar-refractivity contribution < 1.29 is 18.0 Å². The molecule has 7 nitrogen and oxygen atoms in total. The third-order valence-electron chi connectivity index (χ3n) is 5.70. The number of anilines is 1. The maximum atomic E-state index is 13.8. The summed E-state index contributed by atoms with van der Waals surface area (Å²) in [6.45, 7) is 3.40. The number of nitrogens with one attached hydrogen (secondary N) is 1. The summed E-state index contributed by atoms with van der Waals surface area (Å²) in [5, 5.41) is 3.68. The van der Waals surface area contributed by atoms with Gasteiger partial charge < -0.3 is 10.2 Å². The van der Waals surface area contributed by atoms with Crippen molar-refractivity contribution in [3.63, 3.8) is 0 Å². The Bertz CT molecular complexity index is 1370. The average molecular weight is 597 g/mol. The van der Waals surface area contributed by atoms with E-state index in [0.717, 1.165) is 10.7 Å². The van der Waals surface area contributed by atoms with Crippen LogP contribution < -0.4 is 9.62 Å². The van der Waals surface area contributed by atoms with E-state index in [1.807, 2.05) is 6.92 Å². The van der Waals surface area contributed by atoms with Crippen molar-refractivity contribution in [3.8, 4) is 0 Å². The molecule has 11 heteroatoms. The van der Waals surface area contributed by atoms with Gasteiger partial charge in [0.15, 0.2) is 0 Å². The van der Waals surface area contributed by atoms with Crippen LogP contribution in [0.4, 0.5) is 5.69 Å². The van der Waals surface area contributed by atoms with Crippen molar-refractivity contribution in [2.45, 2.75) is 37.8 Å². The Balaban J connectivity index is 2.04. The summed E-state index contributed by atoms with van der Waals surface area (Å²) in [5.74, 6) is -0.953. The lowest BCUT2D eigenvalue weighted by Gasteiger charge is -2.32. The third kappa shape index (κ3) is 7.63. The third-order valence-corrected chi connectivity index (χ3v) is 8.16. The molecule has 0 saturated heterocycles. The zero-order chi connectivity index (χ0) is 27.9. The highest BCUT2D eigenvalue weighted by atomic mass is 35.5. The van der Waals surface area contributed by atoms with Crippen molar-refractivity contribution in [1.29, 1.82) is 0 Å². The molecule has 0 aliphatic heterocycles. The molecule has 0 aliphatic carbocycles. The molecule has 38 heavy (non-hydrogen) atoms. The van der Waals surface area contributed by atoms with Gasteiger partial charge in [-0.05, 0) is 61.4 Å². The van der Waals surface area contributed by atoms with Crippen LogP contribution in [0.25, 0.3) is 0 Å². The first kappa shape index (κ1) is 29.8. The molecule has 3 aromatic rings. The van der Waals surface area contributed by atoms with Gasteiger partial charge in [-0.2, -0.15) is 0 Å². The van der Waals surface area contributed by atoms with E-state index < -0.39 is 28.5 Å². The van der Waals surface area contributed by atoms with Crippen LogP contribution in [0.1, 0.15) is 25.8 Å². The predicted molar refractivity (Wildman–Crippen MR) is 152 cm³/mol. The molecule has 0 fully saturated rings. The molecule has 0 aliphatic rings. The number of halogens is 3. The smallest absolute Gasteiger partial charge is 0.264 e. The lowest BCUT2D eigenvalue weighted by atomic mass is 10.1. The van der Waals surface area contributed by atoms with Gasteiger partial charge in [0, 0.05) is 28.2 Å². The number of rotatable bonds is 11. The van der Waals surface area contributed by atoms with Gasteiger partial charge in [0.1, 0.15) is 12.6 Å². The van der Waals surface area contributed by atoms with Crippen LogP contribution >= 0.6 is 34.8 Å². The van der Waals surface area contributed by atoms with Crippen LogP contribution in [0.5, 0.6) is 0 Å². The largest absolute Gasteiger partial charge is 0.354 e. The van der Waals surface area contributed by atoms with Gasteiger partial charge in [-0.3, -0.25) is 13.9 Å². The van der Waals surface area contributed by atoms with Crippen molar-refractivity contribution in [3.05, 3.63) is 93.4 Å². The summed E-state index contributed by atoms with van der Waals surface area (Å²) in [6.07, 6.45) is 0.722. The number of sulfonamides is 1. The Morgan fingerprint density at radius 2 is 1.55 bits per heavy atom. The van der Waals surface area contributed by atoms with E-state index in [-0.39, 0.29) is 33.1 Å². The number of nitrogens with zero attached hydrogens (tertiary/aromatic N) is 2. The molecule has 0 spiro atoms. The van der Waals surface area contributed by atoms with Gasteiger partial charge in [0.05, 0.1) is 10.6 Å². The maximum Gasteiger partial charge on any atom is 0.264 e. The summed E-state index contributed by atoms with van der Waals surface area (Å²) in [4.78, 5) is 28.0. The Kier molecular flexibility index (Phi) is 10.4. The van der Waals surface area contributed by atoms with Crippen LogP contribution in [-0.2, 0) is 26.2 Å². The second-order valence-electron chi connectivity index (χ2n) is 8.57. The first-order chi connectivity index (χ1) is 18.0. The standard InChI is InChI=1S/C27H28Cl3N3O4S/c1-3-12-31-27(35)19(2)32(17-20-8-7-9-21(28)13-20)26(34)18-33(24-15-22(29)14-23(30)16-24)38(36,37)25-10-5-4-6-11-25/h4-11,13-16,19H,3,12,17-18H2,1-2H3,(H,31,35)/t19-/m0/s1. The maximum absolute atomic E-state index is 13.8. The van der Waals surface area contributed by atoms with Gasteiger partial charge in [-0.1, -0.05) is 72.1 Å². The first-order valence-corrected chi connectivity index (χ1v) is 14.5. The summed E-state index contributed by atoms with van der Waals surface area (Å²) < 4.78 is 28.4. The van der Waals surface area contributed by atoms with Crippen LogP contribution in [-0.4, -0.2) is 44.3 Å². The lowest BCUT2D eigenvalue weighted by Crippen LogP contribution is -2.51. The Hall–Kier alpha value is -2.78. The van der Waals surface area contributed by atoms with Gasteiger partial charge in [0.25, 0.3) is 10.0 Å². The Morgan fingerprint density at radius 1 is 0.895 bits per heavy atom. The second kappa shape index (κ2) is 13.3. The van der Waals surface area contributed by atoms with E-state index in [2.05, 4.69) is 5.32 Å². The molecule has 2 amide bonds. The van der Waals surface area contributed by atoms with E-state index in [9.17, 15) is 18.0 Å². The minimum absolute atomic E-state index is 0.0148. The van der Waals surface area contributed by atoms with E-state index in [1.165, 1.54) is 35.2 Å². The monoisotopic (exact) mass is 595 g/mol. The molecular weight excluding hydrogens is 569 g/mol. The molecule has 0 radical (unpaired) electrons. The van der Waals surface area contributed by atoms with Crippen LogP contribution in [0.3, 0.4) is 0 Å². The zero-order valence-electron chi connectivity index (χ0n) is 20.9. The van der Waals surface area contributed by atoms with Gasteiger partial charge >= 0.3 is 0 Å². The molecule has 0 saturated carbocycles. The normalized spacial score (nSPS) is 12.0. The molecule has 1 N–H and O–H groups in total. The van der Waals surface area contributed by atoms with E-state index in [0.29, 0.717) is 17.1 Å². The Labute approximate surface area is 238 Å². The second-order valence-corrected chi connectivity index (χ2v) is 11.7. The average Bonchev–Trinajstić information content (AvgIpc) is 2.88. The van der Waals surface area contributed by atoms with Crippen molar-refractivity contribution in [2.24, 2.45) is 0 Å². The Morgan fingerprint density at radius 3 is 2.16 bits per heavy atom. The van der Waals surface area contributed by atoms with E-state index >= 15 is 0 Å². The highest BCUT2D eigenvalue weighted by molar-refractivity contribution is 7.92. The molecule has 3 rings (SSSR count). The van der Waals surface area contributed by atoms with Crippen molar-refractivity contribution >= 4 is 62.3 Å². The van der Waals surface area contributed by atoms with E-state index in [4.69, 9.17) is 34.8 Å². The zero-order valence-corrected chi connectivity index (χ0v) is 24.0. The van der Waals surface area contributed by atoms with Crippen LogP contribution in [0.15, 0.2) is 77.7 Å². The summed E-state index contributed by atoms with van der Waals surface area (Å²) in [6, 6.07) is 18.0. The van der Waals surface area contributed by atoms with Gasteiger partial charge in [-0.15, -0.1) is 0 Å². The molecule has 0 aromatic heterocycles. The molecule has 3 aromatic carbocycles. The number of hydrogen-bond acceptors (Lipinski definition) is 4. The fourth-order valence-corrected chi connectivity index (χ4v) is 5.89. The SMILES string of the molecule is CCCNC(=O)[C@H](C)N(Cc1cccc(Cl)c1)C(=O)CN(c1cc(Cl)cc(Cl)c1)S(=O)(=O)c1ccccc1. The summed E-state index contributed by atoms with van der Waals surface area (Å²) in [5.41, 5.74) is 0.801. The summed E-state index contributed by atoms with van der Waals surface area (Å²) in [7, 11) is -4.21. The van der Waals surface area contributed by atoms with Gasteiger partial charge in [-0.25, -0.2) is 8.42 Å². The van der Waals surface area contributed by atoms with Crippen LogP contribution in [0.2, 0.25) is 15.1 Å². The first-order valence-electron chi connectivity index (χ1n) is 11.9.